The summed E-state index contributed by atoms with van der Waals surface area (Å²) in [4.78, 5) is 25.3. The molecule has 0 spiro atoms. The molecule has 2 unspecified atom stereocenters. The first-order valence-electron chi connectivity index (χ1n) is 8.21. The predicted molar refractivity (Wildman–Crippen MR) is 88.1 cm³/mol. The molecule has 2 atom stereocenters. The highest BCUT2D eigenvalue weighted by Gasteiger charge is 2.30. The van der Waals surface area contributed by atoms with Crippen molar-refractivity contribution in [1.82, 2.24) is 14.9 Å². The average Bonchev–Trinajstić information content (AvgIpc) is 2.62. The number of hydrogen-bond acceptors (Lipinski definition) is 5. The van der Waals surface area contributed by atoms with E-state index in [0.717, 1.165) is 25.0 Å². The third-order valence-corrected chi connectivity index (χ3v) is 4.39. The zero-order valence-electron chi connectivity index (χ0n) is 13.8. The normalized spacial score (nSPS) is 24.5. The van der Waals surface area contributed by atoms with Crippen LogP contribution >= 0.6 is 0 Å². The number of rotatable bonds is 3. The van der Waals surface area contributed by atoms with E-state index < -0.39 is 0 Å². The summed E-state index contributed by atoms with van der Waals surface area (Å²) in [6.07, 6.45) is 8.67. The molecule has 0 N–H and O–H groups in total. The zero-order valence-corrected chi connectivity index (χ0v) is 13.8. The lowest BCUT2D eigenvalue weighted by Gasteiger charge is -2.35. The summed E-state index contributed by atoms with van der Waals surface area (Å²) in [5, 5.41) is 0. The molecule has 1 fully saturated rings. The van der Waals surface area contributed by atoms with Crippen molar-refractivity contribution >= 4 is 11.9 Å². The summed E-state index contributed by atoms with van der Waals surface area (Å²) in [5.41, 5.74) is 0.838. The van der Waals surface area contributed by atoms with Crippen molar-refractivity contribution in [3.8, 4) is 0 Å². The van der Waals surface area contributed by atoms with Crippen LogP contribution in [0.5, 0.6) is 0 Å². The van der Waals surface area contributed by atoms with E-state index in [2.05, 4.69) is 22.1 Å². The van der Waals surface area contributed by atoms with Crippen molar-refractivity contribution in [2.75, 3.05) is 38.7 Å². The Bertz CT molecular complexity index is 588. The van der Waals surface area contributed by atoms with Gasteiger partial charge in [0.1, 0.15) is 6.10 Å². The van der Waals surface area contributed by atoms with Gasteiger partial charge in [0.25, 0.3) is 0 Å². The molecular formula is C17H24N4O2. The van der Waals surface area contributed by atoms with E-state index in [9.17, 15) is 4.79 Å². The molecule has 6 nitrogen and oxygen atoms in total. The Labute approximate surface area is 137 Å². The van der Waals surface area contributed by atoms with Gasteiger partial charge in [0.05, 0.1) is 18.8 Å². The zero-order chi connectivity index (χ0) is 16.2. The van der Waals surface area contributed by atoms with E-state index in [1.807, 2.05) is 30.0 Å². The van der Waals surface area contributed by atoms with E-state index in [0.29, 0.717) is 25.6 Å². The van der Waals surface area contributed by atoms with Crippen molar-refractivity contribution < 1.29 is 9.53 Å². The lowest BCUT2D eigenvalue weighted by molar-refractivity contribution is -0.143. The van der Waals surface area contributed by atoms with Crippen LogP contribution in [0.4, 0.5) is 5.95 Å². The molecule has 0 aromatic carbocycles. The Hall–Kier alpha value is -1.95. The first kappa shape index (κ1) is 15.9. The number of anilines is 1. The van der Waals surface area contributed by atoms with Gasteiger partial charge in [-0.3, -0.25) is 4.79 Å². The Morgan fingerprint density at radius 3 is 3.00 bits per heavy atom. The number of morpholine rings is 1. The van der Waals surface area contributed by atoms with Crippen LogP contribution in [0, 0.1) is 5.92 Å². The van der Waals surface area contributed by atoms with Gasteiger partial charge in [-0.2, -0.15) is 0 Å². The number of ether oxygens (including phenoxy) is 1. The van der Waals surface area contributed by atoms with Gasteiger partial charge in [0.2, 0.25) is 11.9 Å². The van der Waals surface area contributed by atoms with E-state index in [1.54, 1.807) is 6.20 Å². The Morgan fingerprint density at radius 2 is 2.26 bits per heavy atom. The quantitative estimate of drug-likeness (QED) is 0.796. The van der Waals surface area contributed by atoms with Crippen LogP contribution in [0.1, 0.15) is 31.1 Å². The first-order chi connectivity index (χ1) is 11.1. The molecule has 0 bridgehead atoms. The summed E-state index contributed by atoms with van der Waals surface area (Å²) < 4.78 is 5.85. The van der Waals surface area contributed by atoms with Gasteiger partial charge in [-0.15, -0.1) is 0 Å². The average molecular weight is 316 g/mol. The summed E-state index contributed by atoms with van der Waals surface area (Å²) in [5.74, 6) is 1.04. The fourth-order valence-corrected chi connectivity index (χ4v) is 3.06. The molecule has 6 heteroatoms. The van der Waals surface area contributed by atoms with Crippen molar-refractivity contribution in [3.05, 3.63) is 30.1 Å². The molecule has 0 saturated carbocycles. The van der Waals surface area contributed by atoms with Crippen molar-refractivity contribution in [2.45, 2.75) is 25.4 Å². The van der Waals surface area contributed by atoms with Gasteiger partial charge >= 0.3 is 0 Å². The SMILES string of the molecule is CN(C)c1nccc(C2CN(C(=O)C3CC=CCC3)CCO2)n1. The van der Waals surface area contributed by atoms with Crippen LogP contribution in [-0.2, 0) is 9.53 Å². The second-order valence-electron chi connectivity index (χ2n) is 6.30. The minimum atomic E-state index is -0.173. The van der Waals surface area contributed by atoms with Crippen molar-refractivity contribution in [3.63, 3.8) is 0 Å². The smallest absolute Gasteiger partial charge is 0.226 e. The summed E-state index contributed by atoms with van der Waals surface area (Å²) in [7, 11) is 3.82. The van der Waals surface area contributed by atoms with Gasteiger partial charge in [0, 0.05) is 32.8 Å². The molecule has 1 aliphatic heterocycles. The number of hydrogen-bond donors (Lipinski definition) is 0. The van der Waals surface area contributed by atoms with Gasteiger partial charge in [-0.1, -0.05) is 12.2 Å². The van der Waals surface area contributed by atoms with Crippen molar-refractivity contribution in [2.24, 2.45) is 5.92 Å². The fraction of sp³-hybridized carbons (Fsp3) is 0.588. The van der Waals surface area contributed by atoms with Gasteiger partial charge in [-0.25, -0.2) is 9.97 Å². The maximum absolute atomic E-state index is 12.7. The predicted octanol–water partition coefficient (Wildman–Crippen LogP) is 1.80. The maximum Gasteiger partial charge on any atom is 0.226 e. The maximum atomic E-state index is 12.7. The topological polar surface area (TPSA) is 58.6 Å². The summed E-state index contributed by atoms with van der Waals surface area (Å²) >= 11 is 0. The molecule has 0 radical (unpaired) electrons. The largest absolute Gasteiger partial charge is 0.368 e. The molecular weight excluding hydrogens is 292 g/mol. The molecule has 1 aromatic heterocycles. The number of amides is 1. The van der Waals surface area contributed by atoms with Crippen molar-refractivity contribution in [1.29, 1.82) is 0 Å². The molecule has 2 heterocycles. The molecule has 1 saturated heterocycles. The monoisotopic (exact) mass is 316 g/mol. The highest BCUT2D eigenvalue weighted by atomic mass is 16.5. The summed E-state index contributed by atoms with van der Waals surface area (Å²) in [6, 6.07) is 1.87. The highest BCUT2D eigenvalue weighted by molar-refractivity contribution is 5.79. The van der Waals surface area contributed by atoms with Crippen LogP contribution in [-0.4, -0.2) is 54.6 Å². The Kier molecular flexibility index (Phi) is 4.91. The molecule has 23 heavy (non-hydrogen) atoms. The van der Waals surface area contributed by atoms with Crippen LogP contribution in [0.25, 0.3) is 0 Å². The third kappa shape index (κ3) is 3.69. The van der Waals surface area contributed by atoms with Crippen LogP contribution in [0.15, 0.2) is 24.4 Å². The third-order valence-electron chi connectivity index (χ3n) is 4.39. The molecule has 1 aliphatic carbocycles. The molecule has 1 aromatic rings. The number of aromatic nitrogens is 2. The standard InChI is InChI=1S/C17H24N4O2/c1-20(2)17-18-9-8-14(19-17)15-12-21(10-11-23-15)16(22)13-6-4-3-5-7-13/h3-4,8-9,13,15H,5-7,10-12H2,1-2H3. The lowest BCUT2D eigenvalue weighted by Crippen LogP contribution is -2.45. The molecule has 124 valence electrons. The Morgan fingerprint density at radius 1 is 1.39 bits per heavy atom. The number of carbonyl (C=O) groups is 1. The van der Waals surface area contributed by atoms with E-state index in [1.165, 1.54) is 0 Å². The van der Waals surface area contributed by atoms with Gasteiger partial charge in [0.15, 0.2) is 0 Å². The number of allylic oxidation sites excluding steroid dienone is 2. The highest BCUT2D eigenvalue weighted by Crippen LogP contribution is 2.26. The fourth-order valence-electron chi connectivity index (χ4n) is 3.06. The van der Waals surface area contributed by atoms with Crippen LogP contribution in [0.3, 0.4) is 0 Å². The minimum Gasteiger partial charge on any atom is -0.368 e. The van der Waals surface area contributed by atoms with Gasteiger partial charge in [-0.05, 0) is 25.3 Å². The van der Waals surface area contributed by atoms with E-state index in [4.69, 9.17) is 4.74 Å². The van der Waals surface area contributed by atoms with Gasteiger partial charge < -0.3 is 14.5 Å². The van der Waals surface area contributed by atoms with Crippen LogP contribution < -0.4 is 4.90 Å². The summed E-state index contributed by atoms with van der Waals surface area (Å²) in [6.45, 7) is 1.80. The second kappa shape index (κ2) is 7.08. The van der Waals surface area contributed by atoms with Crippen LogP contribution in [0.2, 0.25) is 0 Å². The molecule has 3 rings (SSSR count). The number of carbonyl (C=O) groups excluding carboxylic acids is 1. The van der Waals surface area contributed by atoms with E-state index in [-0.39, 0.29) is 17.9 Å². The lowest BCUT2D eigenvalue weighted by atomic mass is 9.93. The van der Waals surface area contributed by atoms with E-state index >= 15 is 0 Å². The first-order valence-corrected chi connectivity index (χ1v) is 8.21. The minimum absolute atomic E-state index is 0.126. The molecule has 1 amide bonds. The molecule has 2 aliphatic rings. The second-order valence-corrected chi connectivity index (χ2v) is 6.30. The Balaban J connectivity index is 1.69. The number of nitrogens with zero attached hydrogens (tertiary/aromatic N) is 4.